The maximum absolute atomic E-state index is 12.3. The summed E-state index contributed by atoms with van der Waals surface area (Å²) in [6.45, 7) is 0.953. The number of nitrogens with zero attached hydrogens (tertiary/aromatic N) is 2. The number of nitrogens with one attached hydrogen (secondary N) is 2. The molecule has 2 N–H and O–H groups in total. The molecule has 4 aromatic rings. The van der Waals surface area contributed by atoms with Crippen LogP contribution in [0.2, 0.25) is 5.02 Å². The molecule has 144 valence electrons. The Kier molecular flexibility index (Phi) is 5.68. The second kappa shape index (κ2) is 8.71. The largest absolute Gasteiger partial charge is 0.368 e. The third-order valence-corrected chi connectivity index (χ3v) is 4.79. The molecule has 1 amide bonds. The molecule has 0 bridgehead atoms. The van der Waals surface area contributed by atoms with Crippen molar-refractivity contribution in [3.63, 3.8) is 0 Å². The zero-order valence-electron chi connectivity index (χ0n) is 15.6. The van der Waals surface area contributed by atoms with E-state index in [-0.39, 0.29) is 5.91 Å². The van der Waals surface area contributed by atoms with E-state index in [0.29, 0.717) is 29.5 Å². The Bertz CT molecular complexity index is 1150. The fourth-order valence-electron chi connectivity index (χ4n) is 3.03. The highest BCUT2D eigenvalue weighted by Gasteiger charge is 2.10. The quantitative estimate of drug-likeness (QED) is 0.455. The van der Waals surface area contributed by atoms with Crippen molar-refractivity contribution >= 4 is 34.2 Å². The molecule has 0 aliphatic carbocycles. The van der Waals surface area contributed by atoms with Crippen LogP contribution in [0.3, 0.4) is 0 Å². The number of amides is 1. The number of hydrogen-bond donors (Lipinski definition) is 2. The molecule has 5 nitrogen and oxygen atoms in total. The van der Waals surface area contributed by atoms with Gasteiger partial charge in [-0.25, -0.2) is 9.97 Å². The molecule has 1 heterocycles. The highest BCUT2D eigenvalue weighted by atomic mass is 35.5. The Morgan fingerprint density at radius 2 is 1.55 bits per heavy atom. The van der Waals surface area contributed by atoms with Crippen molar-refractivity contribution in [3.05, 3.63) is 89.4 Å². The third-order valence-electron chi connectivity index (χ3n) is 4.46. The standard InChI is InChI=1S/C23H19ClN4O/c24-19-12-6-4-10-17(19)23(29)26-15-14-25-22-18-11-5-7-13-20(18)27-21(28-22)16-8-2-1-3-9-16/h1-13H,14-15H2,(H,26,29)(H,25,27,28). The second-order valence-corrected chi connectivity index (χ2v) is 6.85. The number of hydrogen-bond acceptors (Lipinski definition) is 4. The first-order valence-corrected chi connectivity index (χ1v) is 9.69. The lowest BCUT2D eigenvalue weighted by molar-refractivity contribution is 0.0955. The number of carbonyl (C=O) groups excluding carboxylic acids is 1. The first-order valence-electron chi connectivity index (χ1n) is 9.31. The first kappa shape index (κ1) is 18.9. The van der Waals surface area contributed by atoms with Crippen molar-refractivity contribution < 1.29 is 4.79 Å². The lowest BCUT2D eigenvalue weighted by Crippen LogP contribution is -2.29. The smallest absolute Gasteiger partial charge is 0.252 e. The zero-order chi connectivity index (χ0) is 20.1. The van der Waals surface area contributed by atoms with E-state index in [2.05, 4.69) is 15.6 Å². The van der Waals surface area contributed by atoms with Crippen LogP contribution < -0.4 is 10.6 Å². The van der Waals surface area contributed by atoms with Gasteiger partial charge >= 0.3 is 0 Å². The van der Waals surface area contributed by atoms with Gasteiger partial charge in [0.15, 0.2) is 5.82 Å². The van der Waals surface area contributed by atoms with Gasteiger partial charge in [-0.1, -0.05) is 66.2 Å². The molecule has 29 heavy (non-hydrogen) atoms. The minimum Gasteiger partial charge on any atom is -0.368 e. The summed E-state index contributed by atoms with van der Waals surface area (Å²) in [5.41, 5.74) is 2.28. The van der Waals surface area contributed by atoms with Crippen LogP contribution in [0.5, 0.6) is 0 Å². The summed E-state index contributed by atoms with van der Waals surface area (Å²) < 4.78 is 0. The van der Waals surface area contributed by atoms with Gasteiger partial charge in [0.2, 0.25) is 0 Å². The number of para-hydroxylation sites is 1. The Morgan fingerprint density at radius 3 is 2.38 bits per heavy atom. The minimum atomic E-state index is -0.199. The number of rotatable bonds is 6. The number of benzene rings is 3. The summed E-state index contributed by atoms with van der Waals surface area (Å²) >= 11 is 6.08. The summed E-state index contributed by atoms with van der Waals surface area (Å²) in [7, 11) is 0. The van der Waals surface area contributed by atoms with E-state index >= 15 is 0 Å². The van der Waals surface area contributed by atoms with Crippen LogP contribution >= 0.6 is 11.6 Å². The summed E-state index contributed by atoms with van der Waals surface area (Å²) in [6, 6.07) is 24.7. The molecule has 0 atom stereocenters. The molecular weight excluding hydrogens is 384 g/mol. The van der Waals surface area contributed by atoms with Crippen LogP contribution in [0.15, 0.2) is 78.9 Å². The molecule has 0 radical (unpaired) electrons. The van der Waals surface area contributed by atoms with E-state index in [4.69, 9.17) is 16.6 Å². The summed E-state index contributed by atoms with van der Waals surface area (Å²) in [5.74, 6) is 1.20. The van der Waals surface area contributed by atoms with Crippen LogP contribution in [0.25, 0.3) is 22.3 Å². The number of anilines is 1. The number of aromatic nitrogens is 2. The van der Waals surface area contributed by atoms with Crippen LogP contribution in [0.4, 0.5) is 5.82 Å². The predicted molar refractivity (Wildman–Crippen MR) is 117 cm³/mol. The molecule has 3 aromatic carbocycles. The molecule has 0 fully saturated rings. The fourth-order valence-corrected chi connectivity index (χ4v) is 3.25. The number of carbonyl (C=O) groups is 1. The molecule has 0 spiro atoms. The highest BCUT2D eigenvalue weighted by Crippen LogP contribution is 2.24. The predicted octanol–water partition coefficient (Wildman–Crippen LogP) is 4.79. The zero-order valence-corrected chi connectivity index (χ0v) is 16.4. The van der Waals surface area contributed by atoms with Gasteiger partial charge in [-0.15, -0.1) is 0 Å². The first-order chi connectivity index (χ1) is 14.2. The maximum Gasteiger partial charge on any atom is 0.252 e. The van der Waals surface area contributed by atoms with E-state index in [0.717, 1.165) is 22.3 Å². The maximum atomic E-state index is 12.3. The topological polar surface area (TPSA) is 66.9 Å². The fraction of sp³-hybridized carbons (Fsp3) is 0.0870. The average Bonchev–Trinajstić information content (AvgIpc) is 2.77. The molecule has 6 heteroatoms. The van der Waals surface area contributed by atoms with Crippen LogP contribution in [0, 0.1) is 0 Å². The van der Waals surface area contributed by atoms with Crippen LogP contribution in [0.1, 0.15) is 10.4 Å². The molecule has 0 unspecified atom stereocenters. The van der Waals surface area contributed by atoms with Crippen molar-refractivity contribution in [1.82, 2.24) is 15.3 Å². The summed E-state index contributed by atoms with van der Waals surface area (Å²) in [5, 5.41) is 7.57. The van der Waals surface area contributed by atoms with Gasteiger partial charge in [0, 0.05) is 24.0 Å². The Hall–Kier alpha value is -3.44. The van der Waals surface area contributed by atoms with Gasteiger partial charge in [0.1, 0.15) is 5.82 Å². The van der Waals surface area contributed by atoms with Gasteiger partial charge in [-0.2, -0.15) is 0 Å². The van der Waals surface area contributed by atoms with Gasteiger partial charge in [0.25, 0.3) is 5.91 Å². The lowest BCUT2D eigenvalue weighted by Gasteiger charge is -2.12. The SMILES string of the molecule is O=C(NCCNc1nc(-c2ccccc2)nc2ccccc12)c1ccccc1Cl. The van der Waals surface area contributed by atoms with Crippen LogP contribution in [-0.4, -0.2) is 29.0 Å². The molecule has 0 aliphatic rings. The highest BCUT2D eigenvalue weighted by molar-refractivity contribution is 6.33. The Balaban J connectivity index is 1.49. The van der Waals surface area contributed by atoms with E-state index in [1.54, 1.807) is 24.3 Å². The van der Waals surface area contributed by atoms with Gasteiger partial charge in [-0.3, -0.25) is 4.79 Å². The molecule has 0 saturated heterocycles. The van der Waals surface area contributed by atoms with Gasteiger partial charge in [-0.05, 0) is 24.3 Å². The molecule has 4 rings (SSSR count). The van der Waals surface area contributed by atoms with Crippen molar-refractivity contribution in [3.8, 4) is 11.4 Å². The number of fused-ring (bicyclic) bond motifs is 1. The van der Waals surface area contributed by atoms with Crippen LogP contribution in [-0.2, 0) is 0 Å². The second-order valence-electron chi connectivity index (χ2n) is 6.44. The van der Waals surface area contributed by atoms with E-state index < -0.39 is 0 Å². The van der Waals surface area contributed by atoms with Crippen molar-refractivity contribution in [2.45, 2.75) is 0 Å². The molecule has 1 aromatic heterocycles. The van der Waals surface area contributed by atoms with Crippen molar-refractivity contribution in [2.75, 3.05) is 18.4 Å². The minimum absolute atomic E-state index is 0.199. The van der Waals surface area contributed by atoms with E-state index in [1.165, 1.54) is 0 Å². The van der Waals surface area contributed by atoms with Crippen molar-refractivity contribution in [2.24, 2.45) is 0 Å². The lowest BCUT2D eigenvalue weighted by atomic mass is 10.2. The normalized spacial score (nSPS) is 10.7. The number of halogens is 1. The monoisotopic (exact) mass is 402 g/mol. The molecule has 0 saturated carbocycles. The van der Waals surface area contributed by atoms with E-state index in [1.807, 2.05) is 54.6 Å². The Labute approximate surface area is 173 Å². The molecular formula is C23H19ClN4O. The Morgan fingerprint density at radius 1 is 0.828 bits per heavy atom. The van der Waals surface area contributed by atoms with Gasteiger partial charge in [0.05, 0.1) is 16.1 Å². The summed E-state index contributed by atoms with van der Waals surface area (Å²) in [4.78, 5) is 21.7. The van der Waals surface area contributed by atoms with Gasteiger partial charge < -0.3 is 10.6 Å². The molecule has 0 aliphatic heterocycles. The van der Waals surface area contributed by atoms with E-state index in [9.17, 15) is 4.79 Å². The third kappa shape index (κ3) is 4.36. The summed E-state index contributed by atoms with van der Waals surface area (Å²) in [6.07, 6.45) is 0. The average molecular weight is 403 g/mol. The van der Waals surface area contributed by atoms with Crippen molar-refractivity contribution in [1.29, 1.82) is 0 Å².